The van der Waals surface area contributed by atoms with Crippen LogP contribution in [-0.2, 0) is 0 Å². The van der Waals surface area contributed by atoms with E-state index in [1.54, 1.807) is 0 Å². The van der Waals surface area contributed by atoms with E-state index in [0.29, 0.717) is 0 Å². The fourth-order valence-corrected chi connectivity index (χ4v) is 4.51. The number of benzene rings is 3. The standard InChI is InChI=1S/C19H13NO2Se/c21-19-17-8-4-5-9-18(17)23-20(19)14-10-12-16(13-11-14)22-15-6-2-1-3-7-15/h1-13H. The third kappa shape index (κ3) is 2.74. The zero-order valence-electron chi connectivity index (χ0n) is 12.2. The Bertz CT molecular complexity index is 1000. The number of aromatic nitrogens is 1. The van der Waals surface area contributed by atoms with Crippen molar-refractivity contribution in [3.8, 4) is 17.2 Å². The quantitative estimate of drug-likeness (QED) is 0.516. The second-order valence-electron chi connectivity index (χ2n) is 5.10. The molecule has 0 bridgehead atoms. The van der Waals surface area contributed by atoms with Crippen molar-refractivity contribution in [1.82, 2.24) is 3.56 Å². The molecule has 4 aromatic rings. The third-order valence-corrected chi connectivity index (χ3v) is 5.87. The summed E-state index contributed by atoms with van der Waals surface area (Å²) >= 11 is -0.00448. The van der Waals surface area contributed by atoms with Gasteiger partial charge in [0.15, 0.2) is 0 Å². The minimum absolute atomic E-state index is 0.00448. The maximum absolute atomic E-state index is 12.5. The van der Waals surface area contributed by atoms with Gasteiger partial charge in [0.05, 0.1) is 0 Å². The molecule has 0 aliphatic rings. The first kappa shape index (κ1) is 14.1. The number of ether oxygens (including phenoxy) is 1. The molecule has 0 atom stereocenters. The average molecular weight is 366 g/mol. The number of hydrogen-bond donors (Lipinski definition) is 0. The van der Waals surface area contributed by atoms with Crippen LogP contribution in [0.2, 0.25) is 0 Å². The van der Waals surface area contributed by atoms with Crippen molar-refractivity contribution in [3.63, 3.8) is 0 Å². The van der Waals surface area contributed by atoms with Gasteiger partial charge in [0.2, 0.25) is 0 Å². The summed E-state index contributed by atoms with van der Waals surface area (Å²) in [7, 11) is 0. The van der Waals surface area contributed by atoms with Crippen LogP contribution in [0.1, 0.15) is 0 Å². The van der Waals surface area contributed by atoms with E-state index in [1.807, 2.05) is 82.4 Å². The summed E-state index contributed by atoms with van der Waals surface area (Å²) in [6, 6.07) is 25.1. The summed E-state index contributed by atoms with van der Waals surface area (Å²) in [6.45, 7) is 0. The van der Waals surface area contributed by atoms with Crippen LogP contribution in [0, 0.1) is 0 Å². The fraction of sp³-hybridized carbons (Fsp3) is 0. The van der Waals surface area contributed by atoms with Crippen LogP contribution in [0.25, 0.3) is 15.3 Å². The molecule has 0 unspecified atom stereocenters. The van der Waals surface area contributed by atoms with Crippen molar-refractivity contribution < 1.29 is 4.74 Å². The summed E-state index contributed by atoms with van der Waals surface area (Å²) in [5.74, 6) is 1.56. The first-order chi connectivity index (χ1) is 11.3. The van der Waals surface area contributed by atoms with Gasteiger partial charge in [0.1, 0.15) is 0 Å². The van der Waals surface area contributed by atoms with Gasteiger partial charge >= 0.3 is 139 Å². The number of fused-ring (bicyclic) bond motifs is 1. The molecule has 0 saturated carbocycles. The molecule has 0 amide bonds. The summed E-state index contributed by atoms with van der Waals surface area (Å²) in [5.41, 5.74) is 0.990. The van der Waals surface area contributed by atoms with E-state index >= 15 is 0 Å². The van der Waals surface area contributed by atoms with Gasteiger partial charge in [0, 0.05) is 0 Å². The van der Waals surface area contributed by atoms with Crippen molar-refractivity contribution in [2.24, 2.45) is 0 Å². The van der Waals surface area contributed by atoms with Gasteiger partial charge in [-0.15, -0.1) is 0 Å². The predicted octanol–water partition coefficient (Wildman–Crippen LogP) is 3.84. The summed E-state index contributed by atoms with van der Waals surface area (Å²) in [6.07, 6.45) is 0. The molecule has 112 valence electrons. The van der Waals surface area contributed by atoms with Gasteiger partial charge in [-0.3, -0.25) is 0 Å². The molecular formula is C19H13NO2Se. The van der Waals surface area contributed by atoms with E-state index in [1.165, 1.54) is 0 Å². The van der Waals surface area contributed by atoms with Crippen LogP contribution in [-0.4, -0.2) is 18.3 Å². The van der Waals surface area contributed by atoms with Gasteiger partial charge in [0.25, 0.3) is 0 Å². The molecule has 0 saturated heterocycles. The Hall–Kier alpha value is -2.55. The van der Waals surface area contributed by atoms with Crippen LogP contribution in [0.5, 0.6) is 11.5 Å². The molecule has 4 rings (SSSR count). The number of para-hydroxylation sites is 1. The summed E-state index contributed by atoms with van der Waals surface area (Å²) in [4.78, 5) is 12.5. The average Bonchev–Trinajstić information content (AvgIpc) is 2.94. The molecule has 4 heteroatoms. The van der Waals surface area contributed by atoms with Gasteiger partial charge < -0.3 is 0 Å². The van der Waals surface area contributed by atoms with E-state index < -0.39 is 0 Å². The maximum atomic E-state index is 12.5. The van der Waals surface area contributed by atoms with Crippen LogP contribution in [0.15, 0.2) is 83.7 Å². The molecule has 0 spiro atoms. The van der Waals surface area contributed by atoms with E-state index in [2.05, 4.69) is 0 Å². The monoisotopic (exact) mass is 367 g/mol. The Morgan fingerprint density at radius 1 is 0.739 bits per heavy atom. The topological polar surface area (TPSA) is 31.2 Å². The predicted molar refractivity (Wildman–Crippen MR) is 93.0 cm³/mol. The first-order valence-corrected chi connectivity index (χ1v) is 8.88. The SMILES string of the molecule is O=c1c2ccccc2[se]n1-c1ccc(Oc2ccccc2)cc1. The first-order valence-electron chi connectivity index (χ1n) is 7.26. The second kappa shape index (κ2) is 5.92. The summed E-state index contributed by atoms with van der Waals surface area (Å²) < 4.78 is 8.77. The molecule has 0 radical (unpaired) electrons. The van der Waals surface area contributed by atoms with E-state index in [4.69, 9.17) is 4.74 Å². The van der Waals surface area contributed by atoms with Gasteiger partial charge in [-0.25, -0.2) is 0 Å². The Labute approximate surface area is 139 Å². The molecule has 0 fully saturated rings. The fourth-order valence-electron chi connectivity index (χ4n) is 2.42. The number of nitrogens with zero attached hydrogens (tertiary/aromatic N) is 1. The molecule has 0 aliphatic heterocycles. The number of rotatable bonds is 3. The van der Waals surface area contributed by atoms with Crippen LogP contribution in [0.3, 0.4) is 0 Å². The zero-order valence-corrected chi connectivity index (χ0v) is 13.9. The van der Waals surface area contributed by atoms with E-state index in [0.717, 1.165) is 26.8 Å². The molecule has 3 aromatic carbocycles. The zero-order chi connectivity index (χ0) is 15.6. The van der Waals surface area contributed by atoms with Gasteiger partial charge in [-0.1, -0.05) is 0 Å². The van der Waals surface area contributed by atoms with Crippen LogP contribution >= 0.6 is 0 Å². The molecule has 3 nitrogen and oxygen atoms in total. The van der Waals surface area contributed by atoms with Crippen LogP contribution in [0.4, 0.5) is 0 Å². The van der Waals surface area contributed by atoms with Crippen LogP contribution < -0.4 is 10.3 Å². The van der Waals surface area contributed by atoms with Crippen molar-refractivity contribution >= 4 is 24.4 Å². The molecule has 23 heavy (non-hydrogen) atoms. The Morgan fingerprint density at radius 3 is 2.13 bits per heavy atom. The van der Waals surface area contributed by atoms with Gasteiger partial charge in [-0.05, 0) is 0 Å². The molecule has 0 aliphatic carbocycles. The van der Waals surface area contributed by atoms with E-state index in [-0.39, 0.29) is 20.3 Å². The molecule has 1 aromatic heterocycles. The van der Waals surface area contributed by atoms with Crippen molar-refractivity contribution in [2.75, 3.05) is 0 Å². The minimum atomic E-state index is -0.00448. The Morgan fingerprint density at radius 2 is 1.39 bits per heavy atom. The van der Waals surface area contributed by atoms with Crippen molar-refractivity contribution in [1.29, 1.82) is 0 Å². The van der Waals surface area contributed by atoms with Crippen molar-refractivity contribution in [3.05, 3.63) is 89.2 Å². The summed E-state index contributed by atoms with van der Waals surface area (Å²) in [5, 5.41) is 0.817. The number of hydrogen-bond acceptors (Lipinski definition) is 2. The van der Waals surface area contributed by atoms with Gasteiger partial charge in [-0.2, -0.15) is 0 Å². The molecule has 0 N–H and O–H groups in total. The Balaban J connectivity index is 1.67. The van der Waals surface area contributed by atoms with E-state index in [9.17, 15) is 4.79 Å². The second-order valence-corrected chi connectivity index (χ2v) is 7.17. The molecule has 1 heterocycles. The molecular weight excluding hydrogens is 353 g/mol. The van der Waals surface area contributed by atoms with Crippen molar-refractivity contribution in [2.45, 2.75) is 0 Å². The normalized spacial score (nSPS) is 10.8. The third-order valence-electron chi connectivity index (χ3n) is 3.54. The Kier molecular flexibility index (Phi) is 3.62.